The molecule has 0 aliphatic heterocycles. The third kappa shape index (κ3) is 2.02. The fourth-order valence-electron chi connectivity index (χ4n) is 2.20. The fourth-order valence-corrected chi connectivity index (χ4v) is 2.46. The van der Waals surface area contributed by atoms with Crippen molar-refractivity contribution in [2.75, 3.05) is 0 Å². The van der Waals surface area contributed by atoms with Crippen LogP contribution in [0.3, 0.4) is 0 Å². The summed E-state index contributed by atoms with van der Waals surface area (Å²) in [5, 5.41) is 7.23. The first-order chi connectivity index (χ1) is 9.31. The van der Waals surface area contributed by atoms with Crippen LogP contribution in [-0.4, -0.2) is 19.3 Å². The van der Waals surface area contributed by atoms with Gasteiger partial charge in [0.1, 0.15) is 0 Å². The van der Waals surface area contributed by atoms with Crippen molar-refractivity contribution in [3.05, 3.63) is 53.6 Å². The first-order valence-electron chi connectivity index (χ1n) is 6.19. The highest BCUT2D eigenvalue weighted by Gasteiger charge is 2.12. The van der Waals surface area contributed by atoms with Crippen molar-refractivity contribution >= 4 is 12.2 Å². The van der Waals surface area contributed by atoms with E-state index in [0.29, 0.717) is 4.77 Å². The van der Waals surface area contributed by atoms with E-state index in [0.717, 1.165) is 23.6 Å². The molecule has 0 aliphatic rings. The summed E-state index contributed by atoms with van der Waals surface area (Å²) in [6, 6.07) is 12.2. The maximum Gasteiger partial charge on any atom is 0.195 e. The molecule has 2 heterocycles. The van der Waals surface area contributed by atoms with E-state index in [1.54, 1.807) is 0 Å². The molecule has 19 heavy (non-hydrogen) atoms. The third-order valence-electron chi connectivity index (χ3n) is 3.10. The quantitative estimate of drug-likeness (QED) is 0.741. The van der Waals surface area contributed by atoms with Gasteiger partial charge in [0.25, 0.3) is 0 Å². The standard InChI is InChI=1S/C14H14N4S/c1-2-18-13(15-16-14(18)19)11-7-3-4-8-12(11)17-9-5-6-10-17/h3-10H,2H2,1H3,(H,16,19). The topological polar surface area (TPSA) is 38.5 Å². The van der Waals surface area contributed by atoms with Gasteiger partial charge in [-0.1, -0.05) is 12.1 Å². The molecule has 1 aromatic carbocycles. The van der Waals surface area contributed by atoms with E-state index >= 15 is 0 Å². The van der Waals surface area contributed by atoms with Gasteiger partial charge in [0.15, 0.2) is 10.6 Å². The first kappa shape index (κ1) is 11.9. The van der Waals surface area contributed by atoms with Gasteiger partial charge in [0, 0.05) is 24.5 Å². The molecule has 3 aromatic rings. The van der Waals surface area contributed by atoms with Crippen LogP contribution in [-0.2, 0) is 6.54 Å². The zero-order valence-electron chi connectivity index (χ0n) is 10.6. The van der Waals surface area contributed by atoms with E-state index in [2.05, 4.69) is 33.8 Å². The van der Waals surface area contributed by atoms with E-state index in [4.69, 9.17) is 12.2 Å². The minimum absolute atomic E-state index is 0.653. The molecule has 0 atom stereocenters. The maximum absolute atomic E-state index is 5.25. The van der Waals surface area contributed by atoms with E-state index in [9.17, 15) is 0 Å². The molecule has 0 unspecified atom stereocenters. The van der Waals surface area contributed by atoms with Crippen molar-refractivity contribution in [1.29, 1.82) is 0 Å². The Hall–Kier alpha value is -2.14. The van der Waals surface area contributed by atoms with Gasteiger partial charge in [-0.25, -0.2) is 0 Å². The van der Waals surface area contributed by atoms with E-state index in [-0.39, 0.29) is 0 Å². The van der Waals surface area contributed by atoms with Crippen LogP contribution in [0, 0.1) is 4.77 Å². The summed E-state index contributed by atoms with van der Waals surface area (Å²) in [6.07, 6.45) is 4.05. The third-order valence-corrected chi connectivity index (χ3v) is 3.41. The van der Waals surface area contributed by atoms with Gasteiger partial charge in [-0.05, 0) is 43.4 Å². The van der Waals surface area contributed by atoms with Gasteiger partial charge >= 0.3 is 0 Å². The lowest BCUT2D eigenvalue weighted by molar-refractivity contribution is 0.755. The second kappa shape index (κ2) is 4.85. The number of H-pyrrole nitrogens is 1. The van der Waals surface area contributed by atoms with Crippen LogP contribution >= 0.6 is 12.2 Å². The summed E-state index contributed by atoms with van der Waals surface area (Å²) in [4.78, 5) is 0. The second-order valence-electron chi connectivity index (χ2n) is 4.20. The molecule has 2 aromatic heterocycles. The lowest BCUT2D eigenvalue weighted by Crippen LogP contribution is -2.01. The predicted molar refractivity (Wildman–Crippen MR) is 77.8 cm³/mol. The highest BCUT2D eigenvalue weighted by atomic mass is 32.1. The Morgan fingerprint density at radius 2 is 1.89 bits per heavy atom. The van der Waals surface area contributed by atoms with Crippen LogP contribution < -0.4 is 0 Å². The van der Waals surface area contributed by atoms with Crippen molar-refractivity contribution < 1.29 is 0 Å². The lowest BCUT2D eigenvalue weighted by Gasteiger charge is -2.10. The number of hydrogen-bond acceptors (Lipinski definition) is 2. The van der Waals surface area contributed by atoms with Gasteiger partial charge in [0.05, 0.1) is 5.69 Å². The Bertz CT molecular complexity index is 737. The molecule has 4 nitrogen and oxygen atoms in total. The van der Waals surface area contributed by atoms with Crippen molar-refractivity contribution in [2.24, 2.45) is 0 Å². The molecule has 0 spiro atoms. The summed E-state index contributed by atoms with van der Waals surface area (Å²) >= 11 is 5.25. The monoisotopic (exact) mass is 270 g/mol. The SMILES string of the molecule is CCn1c(-c2ccccc2-n2cccc2)n[nH]c1=S. The maximum atomic E-state index is 5.25. The Morgan fingerprint density at radius 3 is 2.63 bits per heavy atom. The van der Waals surface area contributed by atoms with Gasteiger partial charge in [-0.2, -0.15) is 5.10 Å². The average Bonchev–Trinajstić information content (AvgIpc) is 3.07. The van der Waals surface area contributed by atoms with Crippen molar-refractivity contribution in [1.82, 2.24) is 19.3 Å². The number of hydrogen-bond donors (Lipinski definition) is 1. The van der Waals surface area contributed by atoms with Gasteiger partial charge < -0.3 is 9.13 Å². The summed E-state index contributed by atoms with van der Waals surface area (Å²) in [6.45, 7) is 2.86. The number of nitrogens with zero attached hydrogens (tertiary/aromatic N) is 3. The molecule has 96 valence electrons. The molecule has 5 heteroatoms. The molecule has 0 saturated heterocycles. The van der Waals surface area contributed by atoms with Crippen molar-refractivity contribution in [2.45, 2.75) is 13.5 Å². The van der Waals surface area contributed by atoms with E-state index < -0.39 is 0 Å². The van der Waals surface area contributed by atoms with Crippen molar-refractivity contribution in [3.63, 3.8) is 0 Å². The lowest BCUT2D eigenvalue weighted by atomic mass is 10.1. The van der Waals surface area contributed by atoms with Crippen LogP contribution in [0.4, 0.5) is 0 Å². The molecule has 0 aliphatic carbocycles. The number of nitrogens with one attached hydrogen (secondary N) is 1. The van der Waals surface area contributed by atoms with Gasteiger partial charge in [-0.3, -0.25) is 5.10 Å². The molecule has 0 saturated carbocycles. The smallest absolute Gasteiger partial charge is 0.195 e. The molecule has 0 radical (unpaired) electrons. The first-order valence-corrected chi connectivity index (χ1v) is 6.60. The molecule has 3 rings (SSSR count). The van der Waals surface area contributed by atoms with E-state index in [1.807, 2.05) is 41.2 Å². The normalized spacial score (nSPS) is 10.8. The Balaban J connectivity index is 2.23. The minimum Gasteiger partial charge on any atom is -0.323 e. The van der Waals surface area contributed by atoms with Gasteiger partial charge in [-0.15, -0.1) is 0 Å². The minimum atomic E-state index is 0.653. The fraction of sp³-hybridized carbons (Fsp3) is 0.143. The molecule has 1 N–H and O–H groups in total. The van der Waals surface area contributed by atoms with Crippen LogP contribution in [0.2, 0.25) is 0 Å². The molecule has 0 bridgehead atoms. The summed E-state index contributed by atoms with van der Waals surface area (Å²) in [5.74, 6) is 0.872. The number of aromatic nitrogens is 4. The molecular formula is C14H14N4S. The molecular weight excluding hydrogens is 256 g/mol. The second-order valence-corrected chi connectivity index (χ2v) is 4.59. The Kier molecular flexibility index (Phi) is 3.05. The van der Waals surface area contributed by atoms with Crippen LogP contribution in [0.1, 0.15) is 6.92 Å². The summed E-state index contributed by atoms with van der Waals surface area (Å²) < 4.78 is 4.73. The molecule has 0 amide bonds. The molecule has 0 fully saturated rings. The summed E-state index contributed by atoms with van der Waals surface area (Å²) in [7, 11) is 0. The number of rotatable bonds is 3. The van der Waals surface area contributed by atoms with Gasteiger partial charge in [0.2, 0.25) is 0 Å². The van der Waals surface area contributed by atoms with Crippen LogP contribution in [0.5, 0.6) is 0 Å². The van der Waals surface area contributed by atoms with E-state index in [1.165, 1.54) is 0 Å². The Labute approximate surface area is 116 Å². The largest absolute Gasteiger partial charge is 0.323 e. The highest BCUT2D eigenvalue weighted by molar-refractivity contribution is 7.71. The average molecular weight is 270 g/mol. The summed E-state index contributed by atoms with van der Waals surface area (Å²) in [5.41, 5.74) is 2.16. The Morgan fingerprint density at radius 1 is 1.16 bits per heavy atom. The van der Waals surface area contributed by atoms with Crippen molar-refractivity contribution in [3.8, 4) is 17.1 Å². The van der Waals surface area contributed by atoms with Crippen LogP contribution in [0.15, 0.2) is 48.8 Å². The number of benzene rings is 1. The highest BCUT2D eigenvalue weighted by Crippen LogP contribution is 2.25. The number of para-hydroxylation sites is 1. The number of aromatic amines is 1. The van der Waals surface area contributed by atoms with Crippen LogP contribution in [0.25, 0.3) is 17.1 Å². The predicted octanol–water partition coefficient (Wildman–Crippen LogP) is 3.42. The zero-order valence-corrected chi connectivity index (χ0v) is 11.4. The zero-order chi connectivity index (χ0) is 13.2.